The van der Waals surface area contributed by atoms with Crippen LogP contribution in [0.3, 0.4) is 0 Å². The molecule has 0 spiro atoms. The molecule has 1 aromatic rings. The van der Waals surface area contributed by atoms with Gasteiger partial charge < -0.3 is 16.0 Å². The molecule has 0 saturated carbocycles. The van der Waals surface area contributed by atoms with E-state index in [4.69, 9.17) is 5.73 Å². The zero-order chi connectivity index (χ0) is 13.8. The molecule has 4 heteroatoms. The third-order valence-corrected chi connectivity index (χ3v) is 3.71. The number of hydrogen-bond donors (Lipinski definition) is 2. The molecule has 0 radical (unpaired) electrons. The van der Waals surface area contributed by atoms with Crippen LogP contribution in [-0.2, 0) is 0 Å². The lowest BCUT2D eigenvalue weighted by Gasteiger charge is -2.30. The highest BCUT2D eigenvalue weighted by atomic mass is 19.1. The fourth-order valence-corrected chi connectivity index (χ4v) is 2.66. The van der Waals surface area contributed by atoms with Crippen LogP contribution in [0.5, 0.6) is 0 Å². The molecule has 1 fully saturated rings. The lowest BCUT2D eigenvalue weighted by Crippen LogP contribution is -2.38. The topological polar surface area (TPSA) is 41.3 Å². The second-order valence-electron chi connectivity index (χ2n) is 5.60. The summed E-state index contributed by atoms with van der Waals surface area (Å²) in [6.07, 6.45) is 3.94. The van der Waals surface area contributed by atoms with E-state index < -0.39 is 0 Å². The lowest BCUT2D eigenvalue weighted by atomic mass is 10.1. The molecular formula is C15H24FN3. The van der Waals surface area contributed by atoms with Crippen LogP contribution in [-0.4, -0.2) is 30.6 Å². The maximum absolute atomic E-state index is 13.4. The zero-order valence-corrected chi connectivity index (χ0v) is 11.9. The van der Waals surface area contributed by atoms with E-state index in [1.54, 1.807) is 13.0 Å². The maximum atomic E-state index is 13.4. The number of likely N-dealkylation sites (tertiary alicyclic amines) is 1. The normalized spacial score (nSPS) is 18.3. The van der Waals surface area contributed by atoms with E-state index >= 15 is 0 Å². The number of hydrogen-bond acceptors (Lipinski definition) is 3. The number of nitrogens with two attached hydrogens (primary N) is 1. The first-order chi connectivity index (χ1) is 9.06. The van der Waals surface area contributed by atoms with E-state index in [1.165, 1.54) is 38.4 Å². The van der Waals surface area contributed by atoms with Crippen LogP contribution in [0.15, 0.2) is 12.1 Å². The summed E-state index contributed by atoms with van der Waals surface area (Å²) in [5.41, 5.74) is 7.80. The predicted octanol–water partition coefficient (Wildman–Crippen LogP) is 3.00. The molecule has 106 valence electrons. The highest BCUT2D eigenvalue weighted by Crippen LogP contribution is 2.23. The average Bonchev–Trinajstić information content (AvgIpc) is 2.37. The summed E-state index contributed by atoms with van der Waals surface area (Å²) in [4.78, 5) is 2.48. The Morgan fingerprint density at radius 2 is 2.00 bits per heavy atom. The summed E-state index contributed by atoms with van der Waals surface area (Å²) < 4.78 is 13.4. The number of nitrogens with zero attached hydrogens (tertiary/aromatic N) is 1. The van der Waals surface area contributed by atoms with E-state index in [2.05, 4.69) is 17.1 Å². The second kappa shape index (κ2) is 6.24. The molecule has 19 heavy (non-hydrogen) atoms. The van der Waals surface area contributed by atoms with Gasteiger partial charge in [-0.1, -0.05) is 6.42 Å². The van der Waals surface area contributed by atoms with Crippen molar-refractivity contribution in [2.45, 2.75) is 39.2 Å². The van der Waals surface area contributed by atoms with E-state index in [0.717, 1.165) is 12.2 Å². The molecule has 1 saturated heterocycles. The van der Waals surface area contributed by atoms with E-state index in [-0.39, 0.29) is 5.82 Å². The van der Waals surface area contributed by atoms with Crippen LogP contribution in [0, 0.1) is 12.7 Å². The fraction of sp³-hybridized carbons (Fsp3) is 0.600. The van der Waals surface area contributed by atoms with Crippen molar-refractivity contribution < 1.29 is 4.39 Å². The SMILES string of the molecule is Cc1cc(NC(C)CN2CCCCC2)c(N)cc1F. The molecule has 3 nitrogen and oxygen atoms in total. The lowest BCUT2D eigenvalue weighted by molar-refractivity contribution is 0.223. The molecule has 0 aromatic heterocycles. The molecule has 0 aliphatic carbocycles. The number of nitrogen functional groups attached to an aromatic ring is 1. The highest BCUT2D eigenvalue weighted by molar-refractivity contribution is 5.67. The van der Waals surface area contributed by atoms with Crippen molar-refractivity contribution >= 4 is 11.4 Å². The van der Waals surface area contributed by atoms with Crippen LogP contribution >= 0.6 is 0 Å². The van der Waals surface area contributed by atoms with Gasteiger partial charge in [-0.05, 0) is 57.5 Å². The Bertz CT molecular complexity index is 428. The fourth-order valence-electron chi connectivity index (χ4n) is 2.66. The third kappa shape index (κ3) is 3.83. The number of nitrogens with one attached hydrogen (secondary N) is 1. The van der Waals surface area contributed by atoms with Gasteiger partial charge in [-0.25, -0.2) is 4.39 Å². The van der Waals surface area contributed by atoms with Gasteiger partial charge in [0.05, 0.1) is 11.4 Å². The van der Waals surface area contributed by atoms with Crippen molar-refractivity contribution in [1.29, 1.82) is 0 Å². The summed E-state index contributed by atoms with van der Waals surface area (Å²) in [5.74, 6) is -0.244. The molecule has 0 amide bonds. The van der Waals surface area contributed by atoms with Gasteiger partial charge >= 0.3 is 0 Å². The molecule has 2 rings (SSSR count). The van der Waals surface area contributed by atoms with Crippen LogP contribution in [0.1, 0.15) is 31.7 Å². The standard InChI is InChI=1S/C15H24FN3/c1-11-8-15(14(17)9-13(11)16)18-12(2)10-19-6-4-3-5-7-19/h8-9,12,18H,3-7,10,17H2,1-2H3. The van der Waals surface area contributed by atoms with Gasteiger partial charge in [-0.3, -0.25) is 0 Å². The minimum atomic E-state index is -0.244. The molecule has 0 bridgehead atoms. The Hall–Kier alpha value is -1.29. The van der Waals surface area contributed by atoms with Gasteiger partial charge in [-0.15, -0.1) is 0 Å². The molecular weight excluding hydrogens is 241 g/mol. The monoisotopic (exact) mass is 265 g/mol. The Balaban J connectivity index is 1.94. The minimum absolute atomic E-state index is 0.244. The van der Waals surface area contributed by atoms with Gasteiger partial charge in [0.1, 0.15) is 5.82 Å². The summed E-state index contributed by atoms with van der Waals surface area (Å²) in [5, 5.41) is 3.39. The number of aryl methyl sites for hydroxylation is 1. The van der Waals surface area contributed by atoms with Crippen LogP contribution in [0.25, 0.3) is 0 Å². The Labute approximate surface area is 115 Å². The van der Waals surface area contributed by atoms with Crippen molar-refractivity contribution in [1.82, 2.24) is 4.90 Å². The molecule has 1 aromatic carbocycles. The minimum Gasteiger partial charge on any atom is -0.397 e. The molecule has 3 N–H and O–H groups in total. The molecule has 1 unspecified atom stereocenters. The Morgan fingerprint density at radius 1 is 1.32 bits per heavy atom. The van der Waals surface area contributed by atoms with E-state index in [1.807, 2.05) is 0 Å². The smallest absolute Gasteiger partial charge is 0.128 e. The van der Waals surface area contributed by atoms with Gasteiger partial charge in [0.25, 0.3) is 0 Å². The Kier molecular flexibility index (Phi) is 4.64. The number of benzene rings is 1. The summed E-state index contributed by atoms with van der Waals surface area (Å²) in [6.45, 7) is 7.28. The number of rotatable bonds is 4. The van der Waals surface area contributed by atoms with Gasteiger partial charge in [0.2, 0.25) is 0 Å². The first kappa shape index (κ1) is 14.1. The summed E-state index contributed by atoms with van der Waals surface area (Å²) >= 11 is 0. The zero-order valence-electron chi connectivity index (χ0n) is 11.9. The molecule has 1 heterocycles. The van der Waals surface area contributed by atoms with Crippen molar-refractivity contribution in [3.8, 4) is 0 Å². The van der Waals surface area contributed by atoms with Crippen molar-refractivity contribution in [3.05, 3.63) is 23.5 Å². The second-order valence-corrected chi connectivity index (χ2v) is 5.60. The number of piperidine rings is 1. The van der Waals surface area contributed by atoms with Crippen molar-refractivity contribution in [3.63, 3.8) is 0 Å². The van der Waals surface area contributed by atoms with Gasteiger partial charge in [0, 0.05) is 12.6 Å². The van der Waals surface area contributed by atoms with E-state index in [0.29, 0.717) is 17.3 Å². The first-order valence-corrected chi connectivity index (χ1v) is 7.11. The largest absolute Gasteiger partial charge is 0.397 e. The molecule has 1 aliphatic rings. The highest BCUT2D eigenvalue weighted by Gasteiger charge is 2.14. The van der Waals surface area contributed by atoms with Gasteiger partial charge in [0.15, 0.2) is 0 Å². The predicted molar refractivity (Wildman–Crippen MR) is 78.9 cm³/mol. The Morgan fingerprint density at radius 3 is 2.68 bits per heavy atom. The molecule has 1 aliphatic heterocycles. The maximum Gasteiger partial charge on any atom is 0.128 e. The van der Waals surface area contributed by atoms with Crippen LogP contribution in [0.4, 0.5) is 15.8 Å². The molecule has 1 atom stereocenters. The van der Waals surface area contributed by atoms with Crippen molar-refractivity contribution in [2.75, 3.05) is 30.7 Å². The average molecular weight is 265 g/mol. The van der Waals surface area contributed by atoms with E-state index in [9.17, 15) is 4.39 Å². The van der Waals surface area contributed by atoms with Gasteiger partial charge in [-0.2, -0.15) is 0 Å². The van der Waals surface area contributed by atoms with Crippen LogP contribution in [0.2, 0.25) is 0 Å². The summed E-state index contributed by atoms with van der Waals surface area (Å²) in [6, 6.07) is 3.49. The summed E-state index contributed by atoms with van der Waals surface area (Å²) in [7, 11) is 0. The van der Waals surface area contributed by atoms with Crippen molar-refractivity contribution in [2.24, 2.45) is 0 Å². The third-order valence-electron chi connectivity index (χ3n) is 3.71. The quantitative estimate of drug-likeness (QED) is 0.822. The number of halogens is 1. The number of anilines is 2. The van der Waals surface area contributed by atoms with Crippen LogP contribution < -0.4 is 11.1 Å². The first-order valence-electron chi connectivity index (χ1n) is 7.11.